The van der Waals surface area contributed by atoms with Crippen LogP contribution in [0.5, 0.6) is 5.75 Å². The van der Waals surface area contributed by atoms with Crippen LogP contribution < -0.4 is 4.74 Å². The van der Waals surface area contributed by atoms with E-state index >= 15 is 0 Å². The zero-order valence-corrected chi connectivity index (χ0v) is 7.28. The number of aliphatic hydroxyl groups excluding tert-OH is 1. The maximum Gasteiger partial charge on any atom is 0.169 e. The quantitative estimate of drug-likeness (QED) is 0.705. The van der Waals surface area contributed by atoms with Crippen molar-refractivity contribution in [3.63, 3.8) is 0 Å². The summed E-state index contributed by atoms with van der Waals surface area (Å²) in [6.07, 6.45) is -0.479. The monoisotopic (exact) mass is 178 g/mol. The summed E-state index contributed by atoms with van der Waals surface area (Å²) in [6.45, 7) is 0. The van der Waals surface area contributed by atoms with Gasteiger partial charge < -0.3 is 9.84 Å². The van der Waals surface area contributed by atoms with E-state index in [1.165, 1.54) is 7.11 Å². The van der Waals surface area contributed by atoms with Crippen molar-refractivity contribution in [3.8, 4) is 5.75 Å². The number of carbonyl (C=O) groups excluding carboxylic acids is 1. The summed E-state index contributed by atoms with van der Waals surface area (Å²) in [7, 11) is 1.52. The van der Waals surface area contributed by atoms with Crippen molar-refractivity contribution < 1.29 is 14.6 Å². The van der Waals surface area contributed by atoms with Crippen LogP contribution in [0.15, 0.2) is 18.2 Å². The highest BCUT2D eigenvalue weighted by Gasteiger charge is 2.30. The zero-order chi connectivity index (χ0) is 9.42. The summed E-state index contributed by atoms with van der Waals surface area (Å²) < 4.78 is 5.04. The summed E-state index contributed by atoms with van der Waals surface area (Å²) >= 11 is 0. The van der Waals surface area contributed by atoms with Crippen LogP contribution >= 0.6 is 0 Å². The van der Waals surface area contributed by atoms with Crippen molar-refractivity contribution >= 4 is 5.78 Å². The molecular weight excluding hydrogens is 168 g/mol. The summed E-state index contributed by atoms with van der Waals surface area (Å²) in [6, 6.07) is 5.27. The number of hydrogen-bond donors (Lipinski definition) is 1. The molecule has 0 radical (unpaired) electrons. The van der Waals surface area contributed by atoms with Gasteiger partial charge in [-0.3, -0.25) is 4.79 Å². The van der Waals surface area contributed by atoms with E-state index in [9.17, 15) is 9.90 Å². The van der Waals surface area contributed by atoms with E-state index in [0.717, 1.165) is 0 Å². The number of hydrogen-bond acceptors (Lipinski definition) is 3. The molecule has 0 bridgehead atoms. The average molecular weight is 178 g/mol. The van der Waals surface area contributed by atoms with E-state index in [1.54, 1.807) is 18.2 Å². The number of Topliss-reactive ketones (excluding diaryl/α,β-unsaturated/α-hetero) is 1. The zero-order valence-electron chi connectivity index (χ0n) is 7.28. The molecule has 2 rings (SSSR count). The van der Waals surface area contributed by atoms with Gasteiger partial charge in [0.1, 0.15) is 5.75 Å². The van der Waals surface area contributed by atoms with Crippen LogP contribution in [0.3, 0.4) is 0 Å². The Bertz CT molecular complexity index is 357. The SMILES string of the molecule is COc1cccc2c1C(=O)CC2O. The van der Waals surface area contributed by atoms with Gasteiger partial charge in [0.25, 0.3) is 0 Å². The molecule has 0 amide bonds. The van der Waals surface area contributed by atoms with Gasteiger partial charge in [-0.15, -0.1) is 0 Å². The number of ketones is 1. The van der Waals surface area contributed by atoms with Crippen molar-refractivity contribution in [2.75, 3.05) is 7.11 Å². The topological polar surface area (TPSA) is 46.5 Å². The molecule has 0 aliphatic heterocycles. The van der Waals surface area contributed by atoms with Crippen molar-refractivity contribution in [2.24, 2.45) is 0 Å². The Morgan fingerprint density at radius 2 is 2.31 bits per heavy atom. The highest BCUT2D eigenvalue weighted by molar-refractivity contribution is 6.03. The number of methoxy groups -OCH3 is 1. The Labute approximate surface area is 76.0 Å². The molecular formula is C10H10O3. The number of aliphatic hydroxyl groups is 1. The molecule has 3 nitrogen and oxygen atoms in total. The van der Waals surface area contributed by atoms with Crippen LogP contribution in [0.2, 0.25) is 0 Å². The molecule has 68 valence electrons. The molecule has 0 saturated carbocycles. The largest absolute Gasteiger partial charge is 0.496 e. The molecule has 3 heteroatoms. The van der Waals surface area contributed by atoms with Crippen molar-refractivity contribution in [1.82, 2.24) is 0 Å². The third-order valence-electron chi connectivity index (χ3n) is 2.29. The highest BCUT2D eigenvalue weighted by Crippen LogP contribution is 2.36. The lowest BCUT2D eigenvalue weighted by molar-refractivity contribution is 0.0928. The number of benzene rings is 1. The van der Waals surface area contributed by atoms with Crippen LogP contribution in [0.25, 0.3) is 0 Å². The molecule has 0 spiro atoms. The first kappa shape index (κ1) is 8.26. The van der Waals surface area contributed by atoms with Gasteiger partial charge in [-0.05, 0) is 11.6 Å². The first-order valence-corrected chi connectivity index (χ1v) is 4.12. The molecule has 1 N–H and O–H groups in total. The van der Waals surface area contributed by atoms with E-state index in [-0.39, 0.29) is 12.2 Å². The Morgan fingerprint density at radius 3 is 3.00 bits per heavy atom. The lowest BCUT2D eigenvalue weighted by Gasteiger charge is -2.05. The Balaban J connectivity index is 2.62. The van der Waals surface area contributed by atoms with Gasteiger partial charge in [0.15, 0.2) is 5.78 Å². The van der Waals surface area contributed by atoms with Gasteiger partial charge in [0, 0.05) is 6.42 Å². The van der Waals surface area contributed by atoms with Crippen molar-refractivity contribution in [1.29, 1.82) is 0 Å². The van der Waals surface area contributed by atoms with E-state index < -0.39 is 6.10 Å². The number of rotatable bonds is 1. The normalized spacial score (nSPS) is 20.2. The predicted molar refractivity (Wildman–Crippen MR) is 46.9 cm³/mol. The maximum absolute atomic E-state index is 11.4. The molecule has 13 heavy (non-hydrogen) atoms. The lowest BCUT2D eigenvalue weighted by atomic mass is 10.1. The summed E-state index contributed by atoms with van der Waals surface area (Å²) in [4.78, 5) is 11.4. The van der Waals surface area contributed by atoms with Gasteiger partial charge in [0.2, 0.25) is 0 Å². The van der Waals surface area contributed by atoms with Gasteiger partial charge in [-0.25, -0.2) is 0 Å². The van der Waals surface area contributed by atoms with E-state index in [2.05, 4.69) is 0 Å². The molecule has 1 unspecified atom stereocenters. The minimum atomic E-state index is -0.655. The van der Waals surface area contributed by atoms with Gasteiger partial charge in [0.05, 0.1) is 18.8 Å². The maximum atomic E-state index is 11.4. The van der Waals surface area contributed by atoms with Gasteiger partial charge >= 0.3 is 0 Å². The van der Waals surface area contributed by atoms with Crippen LogP contribution in [0.4, 0.5) is 0 Å². The molecule has 1 aromatic rings. The van der Waals surface area contributed by atoms with E-state index in [1.807, 2.05) is 0 Å². The number of fused-ring (bicyclic) bond motifs is 1. The highest BCUT2D eigenvalue weighted by atomic mass is 16.5. The van der Waals surface area contributed by atoms with Crippen molar-refractivity contribution in [2.45, 2.75) is 12.5 Å². The molecule has 0 aromatic heterocycles. The Hall–Kier alpha value is -1.35. The minimum absolute atomic E-state index is 0.0417. The third-order valence-corrected chi connectivity index (χ3v) is 2.29. The first-order chi connectivity index (χ1) is 6.24. The number of ether oxygens (including phenoxy) is 1. The molecule has 0 saturated heterocycles. The van der Waals surface area contributed by atoms with Gasteiger partial charge in [-0.1, -0.05) is 12.1 Å². The van der Waals surface area contributed by atoms with Crippen molar-refractivity contribution in [3.05, 3.63) is 29.3 Å². The molecule has 1 aliphatic carbocycles. The molecule has 1 aromatic carbocycles. The van der Waals surface area contributed by atoms with E-state index in [4.69, 9.17) is 4.74 Å². The Morgan fingerprint density at radius 1 is 1.54 bits per heavy atom. The van der Waals surface area contributed by atoms with Crippen LogP contribution in [-0.4, -0.2) is 18.0 Å². The predicted octanol–water partition coefficient (Wildman–Crippen LogP) is 1.31. The summed E-state index contributed by atoms with van der Waals surface area (Å²) in [5.74, 6) is 0.513. The second-order valence-corrected chi connectivity index (χ2v) is 3.07. The molecule has 0 fully saturated rings. The van der Waals surface area contributed by atoms with Crippen LogP contribution in [0, 0.1) is 0 Å². The average Bonchev–Trinajstić information content (AvgIpc) is 2.43. The van der Waals surface area contributed by atoms with E-state index in [0.29, 0.717) is 16.9 Å². The van der Waals surface area contributed by atoms with Crippen LogP contribution in [0.1, 0.15) is 28.4 Å². The van der Waals surface area contributed by atoms with Gasteiger partial charge in [-0.2, -0.15) is 0 Å². The third kappa shape index (κ3) is 1.12. The smallest absolute Gasteiger partial charge is 0.169 e. The fourth-order valence-electron chi connectivity index (χ4n) is 1.68. The molecule has 1 aliphatic rings. The fraction of sp³-hybridized carbons (Fsp3) is 0.300. The Kier molecular flexibility index (Phi) is 1.81. The second-order valence-electron chi connectivity index (χ2n) is 3.07. The summed E-state index contributed by atoms with van der Waals surface area (Å²) in [5, 5.41) is 9.50. The lowest BCUT2D eigenvalue weighted by Crippen LogP contribution is -1.96. The summed E-state index contributed by atoms with van der Waals surface area (Å²) in [5.41, 5.74) is 1.22. The first-order valence-electron chi connectivity index (χ1n) is 4.12. The van der Waals surface area contributed by atoms with Crippen LogP contribution in [-0.2, 0) is 0 Å². The standard InChI is InChI=1S/C10H10O3/c1-13-9-4-2-3-6-7(11)5-8(12)10(6)9/h2-4,7,11H,5H2,1H3. The minimum Gasteiger partial charge on any atom is -0.496 e. The fourth-order valence-corrected chi connectivity index (χ4v) is 1.68. The molecule has 0 heterocycles. The molecule has 1 atom stereocenters. The number of carbonyl (C=O) groups is 1. The second kappa shape index (κ2) is 2.85.